The fourth-order valence-corrected chi connectivity index (χ4v) is 3.29. The summed E-state index contributed by atoms with van der Waals surface area (Å²) in [6, 6.07) is 14.4. The van der Waals surface area contributed by atoms with Gasteiger partial charge >= 0.3 is 0 Å². The average Bonchev–Trinajstić information content (AvgIpc) is 2.44. The molecule has 3 rings (SSSR count). The van der Waals surface area contributed by atoms with Crippen molar-refractivity contribution in [1.82, 2.24) is 0 Å². The molecule has 1 aliphatic rings. The van der Waals surface area contributed by atoms with Crippen molar-refractivity contribution in [2.45, 2.75) is 32.5 Å². The fraction of sp³-hybridized carbons (Fsp3) is 0.389. The maximum Gasteiger partial charge on any atom is 0.0998 e. The number of benzene rings is 2. The van der Waals surface area contributed by atoms with Crippen LogP contribution in [0.2, 0.25) is 0 Å². The van der Waals surface area contributed by atoms with Crippen LogP contribution >= 0.6 is 0 Å². The molecule has 0 radical (unpaired) electrons. The molecule has 0 aliphatic carbocycles. The summed E-state index contributed by atoms with van der Waals surface area (Å²) in [5.74, 6) is 0. The van der Waals surface area contributed by atoms with Crippen LogP contribution in [0.4, 0.5) is 5.69 Å². The molecule has 0 amide bonds. The van der Waals surface area contributed by atoms with Crippen LogP contribution in [-0.4, -0.2) is 24.8 Å². The fourth-order valence-electron chi connectivity index (χ4n) is 3.29. The monoisotopic (exact) mass is 280 g/mol. The van der Waals surface area contributed by atoms with E-state index < -0.39 is 0 Å². The Kier molecular flexibility index (Phi) is 3.35. The van der Waals surface area contributed by atoms with Crippen molar-refractivity contribution in [2.75, 3.05) is 18.0 Å². The summed E-state index contributed by atoms with van der Waals surface area (Å²) in [6.07, 6.45) is 0.197. The van der Waals surface area contributed by atoms with Gasteiger partial charge in [0.05, 0.1) is 23.3 Å². The molecule has 108 valence electrons. The molecule has 1 heterocycles. The van der Waals surface area contributed by atoms with Crippen LogP contribution in [0.3, 0.4) is 0 Å². The molecule has 0 bridgehead atoms. The van der Waals surface area contributed by atoms with Gasteiger partial charge in [0.1, 0.15) is 0 Å². The Morgan fingerprint density at radius 2 is 1.90 bits per heavy atom. The Labute approximate surface area is 125 Å². The third kappa shape index (κ3) is 2.59. The highest BCUT2D eigenvalue weighted by molar-refractivity contribution is 5.97. The van der Waals surface area contributed by atoms with Gasteiger partial charge in [0.15, 0.2) is 0 Å². The standard InChI is InChI=1S/C18H20N2O/c1-13-11-20(12-18(2,3)21-13)17-9-8-14(10-19)15-6-4-5-7-16(15)17/h4-9,13H,11-12H2,1-3H3. The van der Waals surface area contributed by atoms with Crippen molar-refractivity contribution in [1.29, 1.82) is 5.26 Å². The molecule has 2 aromatic carbocycles. The van der Waals surface area contributed by atoms with E-state index >= 15 is 0 Å². The molecule has 0 aromatic heterocycles. The van der Waals surface area contributed by atoms with E-state index in [0.717, 1.165) is 29.4 Å². The first-order chi connectivity index (χ1) is 10.00. The van der Waals surface area contributed by atoms with Crippen LogP contribution in [0.15, 0.2) is 36.4 Å². The zero-order valence-corrected chi connectivity index (χ0v) is 12.8. The highest BCUT2D eigenvalue weighted by Crippen LogP contribution is 2.33. The highest BCUT2D eigenvalue weighted by atomic mass is 16.5. The van der Waals surface area contributed by atoms with Gasteiger partial charge in [0, 0.05) is 29.5 Å². The molecular formula is C18H20N2O. The number of hydrogen-bond donors (Lipinski definition) is 0. The van der Waals surface area contributed by atoms with Crippen LogP contribution < -0.4 is 4.90 Å². The Balaban J connectivity index is 2.11. The van der Waals surface area contributed by atoms with E-state index in [1.165, 1.54) is 5.69 Å². The summed E-state index contributed by atoms with van der Waals surface area (Å²) in [4.78, 5) is 2.37. The number of fused-ring (bicyclic) bond motifs is 1. The SMILES string of the molecule is CC1CN(c2ccc(C#N)c3ccccc23)CC(C)(C)O1. The maximum atomic E-state index is 9.28. The van der Waals surface area contributed by atoms with E-state index in [9.17, 15) is 5.26 Å². The second-order valence-electron chi connectivity index (χ2n) is 6.36. The van der Waals surface area contributed by atoms with Gasteiger partial charge in [0.2, 0.25) is 0 Å². The summed E-state index contributed by atoms with van der Waals surface area (Å²) in [5.41, 5.74) is 1.76. The minimum Gasteiger partial charge on any atom is -0.369 e. The van der Waals surface area contributed by atoms with Crippen molar-refractivity contribution in [3.63, 3.8) is 0 Å². The quantitative estimate of drug-likeness (QED) is 0.799. The number of ether oxygens (including phenoxy) is 1. The molecule has 0 N–H and O–H groups in total. The largest absolute Gasteiger partial charge is 0.369 e. The number of nitrogens with zero attached hydrogens (tertiary/aromatic N) is 2. The minimum absolute atomic E-state index is 0.160. The smallest absolute Gasteiger partial charge is 0.0998 e. The van der Waals surface area contributed by atoms with Crippen LogP contribution in [0, 0.1) is 11.3 Å². The van der Waals surface area contributed by atoms with Crippen LogP contribution in [0.5, 0.6) is 0 Å². The second kappa shape index (κ2) is 5.05. The molecule has 3 nitrogen and oxygen atoms in total. The zero-order valence-electron chi connectivity index (χ0n) is 12.8. The molecule has 1 aliphatic heterocycles. The summed E-state index contributed by atoms with van der Waals surface area (Å²) in [6.45, 7) is 8.09. The van der Waals surface area contributed by atoms with Gasteiger partial charge in [-0.05, 0) is 32.9 Å². The predicted molar refractivity (Wildman–Crippen MR) is 85.5 cm³/mol. The number of anilines is 1. The first-order valence-electron chi connectivity index (χ1n) is 7.35. The van der Waals surface area contributed by atoms with Crippen LogP contribution in [0.25, 0.3) is 10.8 Å². The molecule has 1 atom stereocenters. The Bertz CT molecular complexity index is 715. The minimum atomic E-state index is -0.160. The van der Waals surface area contributed by atoms with Gasteiger partial charge in [-0.15, -0.1) is 0 Å². The van der Waals surface area contributed by atoms with Gasteiger partial charge in [-0.3, -0.25) is 0 Å². The molecular weight excluding hydrogens is 260 g/mol. The van der Waals surface area contributed by atoms with Crippen molar-refractivity contribution in [3.8, 4) is 6.07 Å². The van der Waals surface area contributed by atoms with Gasteiger partial charge in [-0.25, -0.2) is 0 Å². The molecule has 1 unspecified atom stereocenters. The summed E-state index contributed by atoms with van der Waals surface area (Å²) in [7, 11) is 0. The number of rotatable bonds is 1. The summed E-state index contributed by atoms with van der Waals surface area (Å²) >= 11 is 0. The van der Waals surface area contributed by atoms with E-state index in [1.54, 1.807) is 0 Å². The van der Waals surface area contributed by atoms with Crippen LogP contribution in [-0.2, 0) is 4.74 Å². The maximum absolute atomic E-state index is 9.28. The van der Waals surface area contributed by atoms with Gasteiger partial charge < -0.3 is 9.64 Å². The number of morpholine rings is 1. The lowest BCUT2D eigenvalue weighted by Crippen LogP contribution is -2.52. The Morgan fingerprint density at radius 1 is 1.19 bits per heavy atom. The van der Waals surface area contributed by atoms with E-state index in [-0.39, 0.29) is 11.7 Å². The lowest BCUT2D eigenvalue weighted by atomic mass is 10.00. The number of nitriles is 1. The molecule has 2 aromatic rings. The molecule has 0 saturated carbocycles. The zero-order chi connectivity index (χ0) is 15.0. The first kappa shape index (κ1) is 13.9. The molecule has 0 spiro atoms. The van der Waals surface area contributed by atoms with Gasteiger partial charge in [-0.2, -0.15) is 5.26 Å². The van der Waals surface area contributed by atoms with Crippen molar-refractivity contribution in [3.05, 3.63) is 42.0 Å². The topological polar surface area (TPSA) is 36.3 Å². The summed E-state index contributed by atoms with van der Waals surface area (Å²) < 4.78 is 5.99. The van der Waals surface area contributed by atoms with Crippen LogP contribution in [0.1, 0.15) is 26.3 Å². The van der Waals surface area contributed by atoms with Gasteiger partial charge in [-0.1, -0.05) is 24.3 Å². The van der Waals surface area contributed by atoms with Crippen molar-refractivity contribution in [2.24, 2.45) is 0 Å². The predicted octanol–water partition coefficient (Wildman–Crippen LogP) is 3.72. The van der Waals surface area contributed by atoms with E-state index in [0.29, 0.717) is 0 Å². The Morgan fingerprint density at radius 3 is 2.57 bits per heavy atom. The van der Waals surface area contributed by atoms with Crippen molar-refractivity contribution < 1.29 is 4.74 Å². The third-order valence-corrected chi connectivity index (χ3v) is 3.93. The Hall–Kier alpha value is -2.05. The van der Waals surface area contributed by atoms with Gasteiger partial charge in [0.25, 0.3) is 0 Å². The van der Waals surface area contributed by atoms with E-state index in [1.807, 2.05) is 24.3 Å². The lowest BCUT2D eigenvalue weighted by molar-refractivity contribution is -0.0749. The molecule has 21 heavy (non-hydrogen) atoms. The number of hydrogen-bond acceptors (Lipinski definition) is 3. The van der Waals surface area contributed by atoms with E-state index in [2.05, 4.69) is 43.9 Å². The molecule has 1 fully saturated rings. The lowest BCUT2D eigenvalue weighted by Gasteiger charge is -2.43. The van der Waals surface area contributed by atoms with E-state index in [4.69, 9.17) is 4.74 Å². The summed E-state index contributed by atoms with van der Waals surface area (Å²) in [5, 5.41) is 11.4. The average molecular weight is 280 g/mol. The molecule has 3 heteroatoms. The second-order valence-corrected chi connectivity index (χ2v) is 6.36. The molecule has 1 saturated heterocycles. The normalized spacial score (nSPS) is 21.2. The highest BCUT2D eigenvalue weighted by Gasteiger charge is 2.32. The third-order valence-electron chi connectivity index (χ3n) is 3.93. The van der Waals surface area contributed by atoms with Crippen molar-refractivity contribution >= 4 is 16.5 Å². The first-order valence-corrected chi connectivity index (χ1v) is 7.35.